The van der Waals surface area contributed by atoms with Crippen molar-refractivity contribution in [3.63, 3.8) is 0 Å². The maximum atomic E-state index is 13.7. The van der Waals surface area contributed by atoms with E-state index in [0.29, 0.717) is 12.4 Å². The fourth-order valence-electron chi connectivity index (χ4n) is 3.47. The predicted octanol–water partition coefficient (Wildman–Crippen LogP) is 2.17. The van der Waals surface area contributed by atoms with Crippen LogP contribution >= 0.6 is 0 Å². The first kappa shape index (κ1) is 15.3. The van der Waals surface area contributed by atoms with Crippen LogP contribution in [0.4, 0.5) is 16.2 Å². The molecule has 2 aliphatic rings. The summed E-state index contributed by atoms with van der Waals surface area (Å²) in [6.07, 6.45) is 7.00. The van der Waals surface area contributed by atoms with Crippen LogP contribution in [-0.4, -0.2) is 46.3 Å². The van der Waals surface area contributed by atoms with Crippen LogP contribution in [0.3, 0.4) is 0 Å². The molecule has 2 aromatic rings. The first-order chi connectivity index (χ1) is 11.6. The van der Waals surface area contributed by atoms with Gasteiger partial charge in [0.05, 0.1) is 24.8 Å². The number of hydrogen-bond donors (Lipinski definition) is 1. The molecule has 126 valence electrons. The second kappa shape index (κ2) is 5.98. The van der Waals surface area contributed by atoms with E-state index in [1.165, 1.54) is 6.07 Å². The average molecular weight is 329 g/mol. The number of halogens is 1. The van der Waals surface area contributed by atoms with E-state index in [-0.39, 0.29) is 17.5 Å². The number of hydrogen-bond acceptors (Lipinski definition) is 6. The van der Waals surface area contributed by atoms with Crippen LogP contribution < -0.4 is 10.2 Å². The Labute approximate surface area is 140 Å². The molecular weight excluding hydrogens is 309 g/mol. The molecule has 2 fully saturated rings. The van der Waals surface area contributed by atoms with Gasteiger partial charge in [-0.2, -0.15) is 0 Å². The largest absolute Gasteiger partial charge is 0.371 e. The fourth-order valence-corrected chi connectivity index (χ4v) is 3.47. The van der Waals surface area contributed by atoms with Gasteiger partial charge in [0.15, 0.2) is 11.6 Å². The highest BCUT2D eigenvalue weighted by Gasteiger charge is 2.46. The number of rotatable bonds is 3. The van der Waals surface area contributed by atoms with Gasteiger partial charge in [-0.15, -0.1) is 0 Å². The number of aryl methyl sites for hydroxylation is 1. The van der Waals surface area contributed by atoms with Crippen molar-refractivity contribution >= 4 is 11.8 Å². The smallest absolute Gasteiger partial charge is 0.225 e. The van der Waals surface area contributed by atoms with Gasteiger partial charge in [-0.3, -0.25) is 0 Å². The Morgan fingerprint density at radius 2 is 2.17 bits per heavy atom. The summed E-state index contributed by atoms with van der Waals surface area (Å²) in [6.45, 7) is 4.16. The second-order valence-electron chi connectivity index (χ2n) is 6.61. The van der Waals surface area contributed by atoms with Crippen LogP contribution in [0.25, 0.3) is 0 Å². The van der Waals surface area contributed by atoms with Crippen LogP contribution in [0.1, 0.15) is 18.4 Å². The lowest BCUT2D eigenvalue weighted by atomic mass is 9.97. The van der Waals surface area contributed by atoms with E-state index in [2.05, 4.69) is 25.2 Å². The molecule has 4 rings (SSSR count). The van der Waals surface area contributed by atoms with Crippen molar-refractivity contribution in [2.75, 3.05) is 29.9 Å². The topological polar surface area (TPSA) is 63.2 Å². The normalized spacial score (nSPS) is 26.2. The highest BCUT2D eigenvalue weighted by Crippen LogP contribution is 2.37. The predicted molar refractivity (Wildman–Crippen MR) is 88.5 cm³/mol. The maximum absolute atomic E-state index is 13.7. The summed E-state index contributed by atoms with van der Waals surface area (Å²) in [6, 6.07) is 3.06. The summed E-state index contributed by atoms with van der Waals surface area (Å²) < 4.78 is 19.8. The van der Waals surface area contributed by atoms with Crippen molar-refractivity contribution in [3.8, 4) is 0 Å². The zero-order chi connectivity index (χ0) is 16.6. The molecule has 7 heteroatoms. The minimum atomic E-state index is -0.334. The number of aromatic nitrogens is 3. The average Bonchev–Trinajstić information content (AvgIpc) is 3.18. The van der Waals surface area contributed by atoms with E-state index in [0.717, 1.165) is 37.4 Å². The van der Waals surface area contributed by atoms with Crippen LogP contribution in [0.5, 0.6) is 0 Å². The van der Waals surface area contributed by atoms with E-state index in [1.807, 2.05) is 19.3 Å². The molecule has 24 heavy (non-hydrogen) atoms. The summed E-state index contributed by atoms with van der Waals surface area (Å²) in [5.74, 6) is 0.702. The van der Waals surface area contributed by atoms with E-state index in [9.17, 15) is 4.39 Å². The lowest BCUT2D eigenvalue weighted by Crippen LogP contribution is -2.34. The molecule has 2 saturated heterocycles. The van der Waals surface area contributed by atoms with Crippen molar-refractivity contribution in [1.82, 2.24) is 15.0 Å². The van der Waals surface area contributed by atoms with Gasteiger partial charge >= 0.3 is 0 Å². The number of nitrogens with one attached hydrogen (secondary N) is 1. The van der Waals surface area contributed by atoms with Crippen LogP contribution in [0.15, 0.2) is 30.7 Å². The van der Waals surface area contributed by atoms with Gasteiger partial charge < -0.3 is 15.0 Å². The van der Waals surface area contributed by atoms with Crippen molar-refractivity contribution in [1.29, 1.82) is 0 Å². The molecule has 2 aromatic heterocycles. The van der Waals surface area contributed by atoms with E-state index < -0.39 is 0 Å². The number of nitrogens with zero attached hydrogens (tertiary/aromatic N) is 4. The van der Waals surface area contributed by atoms with Crippen molar-refractivity contribution < 1.29 is 9.13 Å². The van der Waals surface area contributed by atoms with Gasteiger partial charge in [-0.1, -0.05) is 0 Å². The Morgan fingerprint density at radius 3 is 2.96 bits per heavy atom. The molecule has 0 saturated carbocycles. The maximum Gasteiger partial charge on any atom is 0.225 e. The Bertz CT molecular complexity index is 725. The van der Waals surface area contributed by atoms with Crippen molar-refractivity contribution in [2.24, 2.45) is 0 Å². The van der Waals surface area contributed by atoms with Gasteiger partial charge in [0, 0.05) is 31.6 Å². The molecule has 0 radical (unpaired) electrons. The highest BCUT2D eigenvalue weighted by molar-refractivity contribution is 5.38. The molecular formula is C17H20FN5O. The van der Waals surface area contributed by atoms with Crippen LogP contribution in [-0.2, 0) is 4.74 Å². The van der Waals surface area contributed by atoms with Gasteiger partial charge in [0.2, 0.25) is 5.95 Å². The molecule has 2 atom stereocenters. The first-order valence-electron chi connectivity index (χ1n) is 8.18. The lowest BCUT2D eigenvalue weighted by molar-refractivity contribution is 0.0228. The van der Waals surface area contributed by atoms with E-state index in [1.54, 1.807) is 12.3 Å². The highest BCUT2D eigenvalue weighted by atomic mass is 19.1. The van der Waals surface area contributed by atoms with Gasteiger partial charge in [0.1, 0.15) is 0 Å². The Morgan fingerprint density at radius 1 is 1.33 bits per heavy atom. The second-order valence-corrected chi connectivity index (χ2v) is 6.61. The SMILES string of the molecule is Cc1cnc(N2CC[C@@]3(C[C@H](Nc4ncccc4F)CO3)C2)nc1. The minimum absolute atomic E-state index is 0.0632. The summed E-state index contributed by atoms with van der Waals surface area (Å²) in [4.78, 5) is 15.0. The molecule has 0 unspecified atom stereocenters. The van der Waals surface area contributed by atoms with Crippen molar-refractivity contribution in [3.05, 3.63) is 42.1 Å². The van der Waals surface area contributed by atoms with Gasteiger partial charge in [-0.05, 0) is 31.0 Å². The van der Waals surface area contributed by atoms with E-state index >= 15 is 0 Å². The van der Waals surface area contributed by atoms with Crippen LogP contribution in [0, 0.1) is 12.7 Å². The van der Waals surface area contributed by atoms with E-state index in [4.69, 9.17) is 4.74 Å². The fraction of sp³-hybridized carbons (Fsp3) is 0.471. The molecule has 4 heterocycles. The summed E-state index contributed by atoms with van der Waals surface area (Å²) in [5, 5.41) is 3.16. The quantitative estimate of drug-likeness (QED) is 0.931. The number of ether oxygens (including phenoxy) is 1. The minimum Gasteiger partial charge on any atom is -0.371 e. The van der Waals surface area contributed by atoms with Gasteiger partial charge in [-0.25, -0.2) is 19.3 Å². The lowest BCUT2D eigenvalue weighted by Gasteiger charge is -2.23. The Balaban J connectivity index is 1.41. The zero-order valence-electron chi connectivity index (χ0n) is 13.6. The Hall–Kier alpha value is -2.28. The molecule has 0 bridgehead atoms. The first-order valence-corrected chi connectivity index (χ1v) is 8.18. The zero-order valence-corrected chi connectivity index (χ0v) is 13.6. The number of anilines is 2. The Kier molecular flexibility index (Phi) is 3.80. The van der Waals surface area contributed by atoms with Gasteiger partial charge in [0.25, 0.3) is 0 Å². The summed E-state index contributed by atoms with van der Waals surface area (Å²) in [7, 11) is 0. The molecule has 1 N–H and O–H groups in total. The molecule has 1 spiro atoms. The summed E-state index contributed by atoms with van der Waals surface area (Å²) in [5.41, 5.74) is 0.836. The standard InChI is InChI=1S/C17H20FN5O/c1-12-8-20-16(21-9-12)23-6-4-17(11-23)7-13(10-24-17)22-15-14(18)3-2-5-19-15/h2-3,5,8-9,13H,4,6-7,10-11H2,1H3,(H,19,22)/t13-,17+/m0/s1. The molecule has 0 aliphatic carbocycles. The molecule has 2 aliphatic heterocycles. The van der Waals surface area contributed by atoms with Crippen molar-refractivity contribution in [2.45, 2.75) is 31.4 Å². The third-order valence-electron chi connectivity index (χ3n) is 4.67. The molecule has 0 amide bonds. The monoisotopic (exact) mass is 329 g/mol. The third-order valence-corrected chi connectivity index (χ3v) is 4.67. The van der Waals surface area contributed by atoms with Crippen LogP contribution in [0.2, 0.25) is 0 Å². The summed E-state index contributed by atoms with van der Waals surface area (Å²) >= 11 is 0. The molecule has 6 nitrogen and oxygen atoms in total. The number of pyridine rings is 1. The molecule has 0 aromatic carbocycles. The third kappa shape index (κ3) is 2.91.